The Labute approximate surface area is 152 Å². The molecule has 1 aliphatic rings. The van der Waals surface area contributed by atoms with Crippen LogP contribution in [0.2, 0.25) is 0 Å². The van der Waals surface area contributed by atoms with Gasteiger partial charge in [0.05, 0.1) is 6.10 Å². The summed E-state index contributed by atoms with van der Waals surface area (Å²) in [6.45, 7) is 5.25. The summed E-state index contributed by atoms with van der Waals surface area (Å²) in [5.74, 6) is 0.929. The fourth-order valence-electron chi connectivity index (χ4n) is 2.85. The van der Waals surface area contributed by atoms with Crippen molar-refractivity contribution in [2.45, 2.75) is 39.0 Å². The van der Waals surface area contributed by atoms with Crippen LogP contribution in [-0.2, 0) is 17.9 Å². The Kier molecular flexibility index (Phi) is 6.30. The van der Waals surface area contributed by atoms with E-state index in [1.807, 2.05) is 12.1 Å². The van der Waals surface area contributed by atoms with Crippen molar-refractivity contribution in [2.24, 2.45) is 0 Å². The van der Waals surface area contributed by atoms with Crippen LogP contribution in [0.4, 0.5) is 0 Å². The molecular formula is C20H24BrNO2. The van der Waals surface area contributed by atoms with Crippen LogP contribution in [0.5, 0.6) is 5.75 Å². The van der Waals surface area contributed by atoms with Gasteiger partial charge in [0.25, 0.3) is 0 Å². The number of hydrogen-bond acceptors (Lipinski definition) is 3. The predicted molar refractivity (Wildman–Crippen MR) is 100 cm³/mol. The molecule has 1 saturated heterocycles. The van der Waals surface area contributed by atoms with Gasteiger partial charge >= 0.3 is 0 Å². The van der Waals surface area contributed by atoms with Gasteiger partial charge in [-0.1, -0.05) is 45.8 Å². The molecule has 1 heterocycles. The molecule has 0 aliphatic carbocycles. The lowest BCUT2D eigenvalue weighted by atomic mass is 10.1. The van der Waals surface area contributed by atoms with Crippen LogP contribution < -0.4 is 10.1 Å². The number of halogens is 1. The van der Waals surface area contributed by atoms with E-state index in [1.54, 1.807) is 0 Å². The quantitative estimate of drug-likeness (QED) is 0.749. The first-order valence-corrected chi connectivity index (χ1v) is 9.29. The SMILES string of the molecule is Cc1ccc(COc2ccc(Br)cc2CNCC2CCCO2)cc1. The second-order valence-electron chi connectivity index (χ2n) is 6.29. The third-order valence-electron chi connectivity index (χ3n) is 4.25. The monoisotopic (exact) mass is 389 g/mol. The van der Waals surface area contributed by atoms with Gasteiger partial charge in [0.2, 0.25) is 0 Å². The molecule has 1 fully saturated rings. The average molecular weight is 390 g/mol. The van der Waals surface area contributed by atoms with E-state index in [0.29, 0.717) is 12.7 Å². The second-order valence-corrected chi connectivity index (χ2v) is 7.21. The lowest BCUT2D eigenvalue weighted by Crippen LogP contribution is -2.26. The lowest BCUT2D eigenvalue weighted by Gasteiger charge is -2.15. The van der Waals surface area contributed by atoms with Gasteiger partial charge in [0.1, 0.15) is 12.4 Å². The Balaban J connectivity index is 1.58. The van der Waals surface area contributed by atoms with Gasteiger partial charge in [-0.2, -0.15) is 0 Å². The van der Waals surface area contributed by atoms with Crippen LogP contribution in [0, 0.1) is 6.92 Å². The number of ether oxygens (including phenoxy) is 2. The van der Waals surface area contributed by atoms with E-state index in [0.717, 1.165) is 41.9 Å². The smallest absolute Gasteiger partial charge is 0.124 e. The summed E-state index contributed by atoms with van der Waals surface area (Å²) in [7, 11) is 0. The highest BCUT2D eigenvalue weighted by atomic mass is 79.9. The minimum Gasteiger partial charge on any atom is -0.489 e. The zero-order valence-corrected chi connectivity index (χ0v) is 15.6. The molecule has 0 saturated carbocycles. The zero-order valence-electron chi connectivity index (χ0n) is 14.1. The molecule has 3 rings (SSSR count). The summed E-state index contributed by atoms with van der Waals surface area (Å²) in [5, 5.41) is 3.49. The van der Waals surface area contributed by atoms with Gasteiger partial charge < -0.3 is 14.8 Å². The Morgan fingerprint density at radius 1 is 1.21 bits per heavy atom. The highest BCUT2D eigenvalue weighted by Gasteiger charge is 2.15. The number of hydrogen-bond donors (Lipinski definition) is 1. The predicted octanol–water partition coefficient (Wildman–Crippen LogP) is 4.61. The maximum absolute atomic E-state index is 6.05. The minimum atomic E-state index is 0.356. The van der Waals surface area contributed by atoms with Crippen LogP contribution in [0.3, 0.4) is 0 Å². The van der Waals surface area contributed by atoms with Crippen molar-refractivity contribution >= 4 is 15.9 Å². The second kappa shape index (κ2) is 8.65. The lowest BCUT2D eigenvalue weighted by molar-refractivity contribution is 0.110. The molecule has 2 aromatic rings. The number of aryl methyl sites for hydroxylation is 1. The first-order chi connectivity index (χ1) is 11.7. The molecule has 128 valence electrons. The fraction of sp³-hybridized carbons (Fsp3) is 0.400. The van der Waals surface area contributed by atoms with Gasteiger partial charge in [0, 0.05) is 29.7 Å². The van der Waals surface area contributed by atoms with Crippen molar-refractivity contribution in [3.05, 3.63) is 63.6 Å². The summed E-state index contributed by atoms with van der Waals surface area (Å²) < 4.78 is 12.8. The van der Waals surface area contributed by atoms with Crippen molar-refractivity contribution in [3.8, 4) is 5.75 Å². The normalized spacial score (nSPS) is 17.2. The van der Waals surface area contributed by atoms with Gasteiger partial charge in [-0.25, -0.2) is 0 Å². The highest BCUT2D eigenvalue weighted by Crippen LogP contribution is 2.24. The number of benzene rings is 2. The average Bonchev–Trinajstić information content (AvgIpc) is 3.09. The van der Waals surface area contributed by atoms with E-state index in [-0.39, 0.29) is 0 Å². The minimum absolute atomic E-state index is 0.356. The molecule has 0 spiro atoms. The Morgan fingerprint density at radius 3 is 2.79 bits per heavy atom. The molecule has 24 heavy (non-hydrogen) atoms. The summed E-state index contributed by atoms with van der Waals surface area (Å²) in [6, 6.07) is 14.6. The summed E-state index contributed by atoms with van der Waals surface area (Å²) in [4.78, 5) is 0. The van der Waals surface area contributed by atoms with Crippen molar-refractivity contribution in [3.63, 3.8) is 0 Å². The first kappa shape index (κ1) is 17.5. The molecule has 0 amide bonds. The topological polar surface area (TPSA) is 30.5 Å². The molecule has 1 N–H and O–H groups in total. The van der Waals surface area contributed by atoms with E-state index in [4.69, 9.17) is 9.47 Å². The maximum atomic E-state index is 6.05. The van der Waals surface area contributed by atoms with Crippen LogP contribution in [0.15, 0.2) is 46.9 Å². The van der Waals surface area contributed by atoms with Crippen molar-refractivity contribution in [1.29, 1.82) is 0 Å². The first-order valence-electron chi connectivity index (χ1n) is 8.50. The number of nitrogens with one attached hydrogen (secondary N) is 1. The van der Waals surface area contributed by atoms with Crippen molar-refractivity contribution in [1.82, 2.24) is 5.32 Å². The van der Waals surface area contributed by atoms with Gasteiger partial charge in [-0.3, -0.25) is 0 Å². The van der Waals surface area contributed by atoms with Crippen LogP contribution in [0.1, 0.15) is 29.5 Å². The summed E-state index contributed by atoms with van der Waals surface area (Å²) >= 11 is 3.55. The summed E-state index contributed by atoms with van der Waals surface area (Å²) in [6.07, 6.45) is 2.69. The summed E-state index contributed by atoms with van der Waals surface area (Å²) in [5.41, 5.74) is 3.61. The van der Waals surface area contributed by atoms with Crippen LogP contribution in [0.25, 0.3) is 0 Å². The van der Waals surface area contributed by atoms with Crippen LogP contribution >= 0.6 is 15.9 Å². The van der Waals surface area contributed by atoms with E-state index < -0.39 is 0 Å². The molecule has 2 aromatic carbocycles. The van der Waals surface area contributed by atoms with Crippen LogP contribution in [-0.4, -0.2) is 19.3 Å². The van der Waals surface area contributed by atoms with E-state index in [2.05, 4.69) is 58.5 Å². The molecule has 1 aliphatic heterocycles. The molecular weight excluding hydrogens is 366 g/mol. The highest BCUT2D eigenvalue weighted by molar-refractivity contribution is 9.10. The van der Waals surface area contributed by atoms with Crippen molar-refractivity contribution in [2.75, 3.05) is 13.2 Å². The number of rotatable bonds is 7. The Morgan fingerprint density at radius 2 is 2.04 bits per heavy atom. The van der Waals surface area contributed by atoms with Crippen molar-refractivity contribution < 1.29 is 9.47 Å². The third kappa shape index (κ3) is 5.07. The van der Waals surface area contributed by atoms with Gasteiger partial charge in [0.15, 0.2) is 0 Å². The molecule has 0 bridgehead atoms. The van der Waals surface area contributed by atoms with Gasteiger partial charge in [-0.15, -0.1) is 0 Å². The fourth-order valence-corrected chi connectivity index (χ4v) is 3.25. The molecule has 0 radical (unpaired) electrons. The van der Waals surface area contributed by atoms with Gasteiger partial charge in [-0.05, 0) is 43.5 Å². The third-order valence-corrected chi connectivity index (χ3v) is 4.74. The van der Waals surface area contributed by atoms with E-state index >= 15 is 0 Å². The Hall–Kier alpha value is -1.36. The Bertz CT molecular complexity index is 651. The van der Waals surface area contributed by atoms with E-state index in [9.17, 15) is 0 Å². The molecule has 1 unspecified atom stereocenters. The molecule has 3 nitrogen and oxygen atoms in total. The standard InChI is InChI=1S/C20H24BrNO2/c1-15-4-6-16(7-5-15)14-24-20-9-8-18(21)11-17(20)12-22-13-19-3-2-10-23-19/h4-9,11,19,22H,2-3,10,12-14H2,1H3. The molecule has 0 aromatic heterocycles. The zero-order chi connectivity index (χ0) is 16.8. The molecule has 4 heteroatoms. The largest absolute Gasteiger partial charge is 0.489 e. The van der Waals surface area contributed by atoms with E-state index in [1.165, 1.54) is 17.5 Å². The maximum Gasteiger partial charge on any atom is 0.124 e. The molecule has 1 atom stereocenters.